The van der Waals surface area contributed by atoms with Gasteiger partial charge in [0.2, 0.25) is 5.91 Å². The number of hydrogen-bond acceptors (Lipinski definition) is 13. The number of ketones is 1. The lowest BCUT2D eigenvalue weighted by Crippen LogP contribution is -2.45. The maximum atomic E-state index is 13.2. The monoisotopic (exact) mass is 689 g/mol. The average molecular weight is 690 g/mol. The van der Waals surface area contributed by atoms with Gasteiger partial charge < -0.3 is 29.0 Å². The first-order chi connectivity index (χ1) is 21.6. The van der Waals surface area contributed by atoms with Gasteiger partial charge in [0.1, 0.15) is 23.0 Å². The minimum atomic E-state index is -1.16. The van der Waals surface area contributed by atoms with Gasteiger partial charge in [-0.25, -0.2) is 4.79 Å². The fourth-order valence-corrected chi connectivity index (χ4v) is 5.70. The second-order valence-electron chi connectivity index (χ2n) is 13.8. The third-order valence-electron chi connectivity index (χ3n) is 6.49. The van der Waals surface area contributed by atoms with Crippen LogP contribution < -0.4 is 5.32 Å². The molecule has 14 heteroatoms. The third kappa shape index (κ3) is 20.0. The molecule has 0 aliphatic carbocycles. The number of hydrogen-bond donors (Lipinski definition) is 1. The molecule has 0 bridgehead atoms. The standard InChI is InChI=1S/C33H55NO12S/c1-20(2)14-21(16-26(36)45-32(3,4)5)28(38)34-25(31(41)44-11)13-12-24(35)15-22(29(39)42-9)18-47-19-23(30(40)43-10)17-27(37)46-33(6,7)8/h20-23,25H,12-19H2,1-11H3,(H,34,38)/t21-,22-,23+,25-/m1/s1. The van der Waals surface area contributed by atoms with Crippen molar-refractivity contribution < 1.29 is 57.2 Å². The van der Waals surface area contributed by atoms with Gasteiger partial charge >= 0.3 is 29.8 Å². The van der Waals surface area contributed by atoms with Gasteiger partial charge in [-0.1, -0.05) is 13.8 Å². The van der Waals surface area contributed by atoms with E-state index in [0.29, 0.717) is 6.42 Å². The van der Waals surface area contributed by atoms with Crippen LogP contribution in [0.2, 0.25) is 0 Å². The fourth-order valence-electron chi connectivity index (χ4n) is 4.49. The van der Waals surface area contributed by atoms with Crippen molar-refractivity contribution in [2.75, 3.05) is 32.8 Å². The van der Waals surface area contributed by atoms with Gasteiger partial charge in [0.25, 0.3) is 0 Å². The Morgan fingerprint density at radius 3 is 1.47 bits per heavy atom. The molecule has 0 heterocycles. The number of methoxy groups -OCH3 is 3. The highest BCUT2D eigenvalue weighted by Gasteiger charge is 2.32. The van der Waals surface area contributed by atoms with E-state index in [4.69, 9.17) is 23.7 Å². The Bertz CT molecular complexity index is 1080. The molecule has 0 aliphatic rings. The van der Waals surface area contributed by atoms with E-state index in [1.165, 1.54) is 26.0 Å². The molecular weight excluding hydrogens is 634 g/mol. The van der Waals surface area contributed by atoms with Crippen molar-refractivity contribution in [2.45, 2.75) is 111 Å². The van der Waals surface area contributed by atoms with E-state index < -0.39 is 70.8 Å². The molecule has 0 fully saturated rings. The van der Waals surface area contributed by atoms with E-state index in [1.807, 2.05) is 13.8 Å². The number of thioether (sulfide) groups is 1. The van der Waals surface area contributed by atoms with Crippen LogP contribution in [0.3, 0.4) is 0 Å². The first kappa shape index (κ1) is 43.8. The van der Waals surface area contributed by atoms with Crippen molar-refractivity contribution in [3.05, 3.63) is 0 Å². The Kier molecular flexibility index (Phi) is 19.5. The van der Waals surface area contributed by atoms with Crippen LogP contribution >= 0.6 is 11.8 Å². The highest BCUT2D eigenvalue weighted by Crippen LogP contribution is 2.23. The zero-order chi connectivity index (χ0) is 36.5. The summed E-state index contributed by atoms with van der Waals surface area (Å²) in [6.45, 7) is 14.1. The Hall–Kier alpha value is -3.16. The smallest absolute Gasteiger partial charge is 0.328 e. The van der Waals surface area contributed by atoms with Crippen molar-refractivity contribution in [1.29, 1.82) is 0 Å². The van der Waals surface area contributed by atoms with Crippen LogP contribution in [-0.4, -0.2) is 91.6 Å². The van der Waals surface area contributed by atoms with Gasteiger partial charge in [0, 0.05) is 30.3 Å². The van der Waals surface area contributed by atoms with E-state index in [1.54, 1.807) is 41.5 Å². The predicted octanol–water partition coefficient (Wildman–Crippen LogP) is 3.82. The van der Waals surface area contributed by atoms with Crippen LogP contribution in [0, 0.1) is 23.7 Å². The third-order valence-corrected chi connectivity index (χ3v) is 7.76. The van der Waals surface area contributed by atoms with E-state index in [2.05, 4.69) is 5.32 Å². The number of ether oxygens (including phenoxy) is 5. The Morgan fingerprint density at radius 1 is 0.638 bits per heavy atom. The van der Waals surface area contributed by atoms with Gasteiger partial charge in [0.15, 0.2) is 0 Å². The number of amides is 1. The lowest BCUT2D eigenvalue weighted by atomic mass is 9.92. The maximum absolute atomic E-state index is 13.2. The molecule has 0 saturated heterocycles. The van der Waals surface area contributed by atoms with Gasteiger partial charge in [-0.15, -0.1) is 0 Å². The van der Waals surface area contributed by atoms with Crippen LogP contribution in [0.1, 0.15) is 93.9 Å². The van der Waals surface area contributed by atoms with Gasteiger partial charge in [-0.2, -0.15) is 11.8 Å². The van der Waals surface area contributed by atoms with Crippen molar-refractivity contribution in [2.24, 2.45) is 23.7 Å². The van der Waals surface area contributed by atoms with Crippen LogP contribution in [0.4, 0.5) is 0 Å². The van der Waals surface area contributed by atoms with Crippen LogP contribution in [0.15, 0.2) is 0 Å². The summed E-state index contributed by atoms with van der Waals surface area (Å²) in [5.41, 5.74) is -1.46. The van der Waals surface area contributed by atoms with E-state index >= 15 is 0 Å². The normalized spacial score (nSPS) is 14.2. The highest BCUT2D eigenvalue weighted by molar-refractivity contribution is 7.99. The summed E-state index contributed by atoms with van der Waals surface area (Å²) in [7, 11) is 3.56. The predicted molar refractivity (Wildman–Crippen MR) is 175 cm³/mol. The Labute approximate surface area is 283 Å². The molecule has 4 atom stereocenters. The fraction of sp³-hybridized carbons (Fsp3) is 0.788. The lowest BCUT2D eigenvalue weighted by molar-refractivity contribution is -0.160. The summed E-state index contributed by atoms with van der Waals surface area (Å²) in [5.74, 6) is -6.17. The molecule has 0 saturated carbocycles. The average Bonchev–Trinajstić information content (AvgIpc) is 2.94. The topological polar surface area (TPSA) is 178 Å². The molecule has 0 spiro atoms. The first-order valence-corrected chi connectivity index (χ1v) is 16.8. The summed E-state index contributed by atoms with van der Waals surface area (Å²) < 4.78 is 25.2. The van der Waals surface area contributed by atoms with Gasteiger partial charge in [-0.3, -0.25) is 28.8 Å². The van der Waals surface area contributed by atoms with E-state index in [-0.39, 0.29) is 55.3 Å². The molecule has 1 N–H and O–H groups in total. The van der Waals surface area contributed by atoms with E-state index in [9.17, 15) is 33.6 Å². The molecule has 13 nitrogen and oxygen atoms in total. The Balaban J connectivity index is 5.45. The molecule has 0 aliphatic heterocycles. The summed E-state index contributed by atoms with van der Waals surface area (Å²) in [5, 5.41) is 2.63. The minimum Gasteiger partial charge on any atom is -0.469 e. The minimum absolute atomic E-state index is 0.0691. The number of rotatable bonds is 20. The zero-order valence-corrected chi connectivity index (χ0v) is 30.7. The second kappa shape index (κ2) is 20.9. The van der Waals surface area contributed by atoms with Crippen LogP contribution in [0.5, 0.6) is 0 Å². The molecule has 0 aromatic carbocycles. The molecule has 0 rings (SSSR count). The maximum Gasteiger partial charge on any atom is 0.328 e. The first-order valence-electron chi connectivity index (χ1n) is 15.7. The van der Waals surface area contributed by atoms with Crippen molar-refractivity contribution >= 4 is 53.3 Å². The Morgan fingerprint density at radius 2 is 1.06 bits per heavy atom. The summed E-state index contributed by atoms with van der Waals surface area (Å²) in [6, 6.07) is -1.16. The van der Waals surface area contributed by atoms with Gasteiger partial charge in [-0.05, 0) is 60.3 Å². The lowest BCUT2D eigenvalue weighted by Gasteiger charge is -2.24. The number of esters is 5. The van der Waals surface area contributed by atoms with Gasteiger partial charge in [0.05, 0.1) is 46.0 Å². The number of Topliss-reactive ketones (excluding diaryl/α,β-unsaturated/α-hetero) is 1. The highest BCUT2D eigenvalue weighted by atomic mass is 32.2. The largest absolute Gasteiger partial charge is 0.469 e. The van der Waals surface area contributed by atoms with Crippen LogP contribution in [0.25, 0.3) is 0 Å². The van der Waals surface area contributed by atoms with Crippen LogP contribution in [-0.2, 0) is 57.2 Å². The molecule has 270 valence electrons. The summed E-state index contributed by atoms with van der Waals surface area (Å²) >= 11 is 1.19. The molecule has 0 unspecified atom stereocenters. The number of nitrogens with one attached hydrogen (secondary N) is 1. The molecule has 0 aromatic heterocycles. The molecule has 0 aromatic rings. The summed E-state index contributed by atoms with van der Waals surface area (Å²) in [6.07, 6.45) is -0.506. The van der Waals surface area contributed by atoms with Crippen molar-refractivity contribution in [3.8, 4) is 0 Å². The number of carbonyl (C=O) groups is 7. The number of carbonyl (C=O) groups excluding carboxylic acids is 7. The van der Waals surface area contributed by atoms with Crippen molar-refractivity contribution in [1.82, 2.24) is 5.32 Å². The second-order valence-corrected chi connectivity index (χ2v) is 14.8. The SMILES string of the molecule is COC(=O)[C@H](CSC[C@@H](CC(=O)CC[C@@H](NC(=O)[C@@H](CC(=O)OC(C)(C)C)CC(C)C)C(=O)OC)C(=O)OC)CC(=O)OC(C)(C)C. The quantitative estimate of drug-likeness (QED) is 0.144. The zero-order valence-electron chi connectivity index (χ0n) is 29.9. The molecular formula is C33H55NO12S. The molecule has 47 heavy (non-hydrogen) atoms. The van der Waals surface area contributed by atoms with Crippen molar-refractivity contribution in [3.63, 3.8) is 0 Å². The van der Waals surface area contributed by atoms with E-state index in [0.717, 1.165) is 7.11 Å². The molecule has 1 amide bonds. The molecule has 0 radical (unpaired) electrons. The summed E-state index contributed by atoms with van der Waals surface area (Å²) in [4.78, 5) is 88.3.